The Morgan fingerprint density at radius 3 is 1.98 bits per heavy atom. The summed E-state index contributed by atoms with van der Waals surface area (Å²) in [6, 6.07) is 37.3. The Morgan fingerprint density at radius 1 is 0.596 bits per heavy atom. The third kappa shape index (κ3) is 7.57. The van der Waals surface area contributed by atoms with Gasteiger partial charge in [-0.1, -0.05) is 192 Å². The van der Waals surface area contributed by atoms with Crippen molar-refractivity contribution >= 4 is 44.2 Å². The number of hydrogen-bond donors (Lipinski definition) is 1. The Bertz CT molecular complexity index is 2350. The van der Waals surface area contributed by atoms with Gasteiger partial charge in [-0.2, -0.15) is 0 Å². The van der Waals surface area contributed by atoms with Crippen LogP contribution in [0.1, 0.15) is 63.6 Å². The van der Waals surface area contributed by atoms with E-state index in [1.54, 1.807) is 0 Å². The number of benzene rings is 5. The van der Waals surface area contributed by atoms with Gasteiger partial charge in [-0.3, -0.25) is 10.1 Å². The molecule has 52 heavy (non-hydrogen) atoms. The van der Waals surface area contributed by atoms with Crippen LogP contribution in [0.15, 0.2) is 175 Å². The minimum absolute atomic E-state index is 0.854. The smallest absolute Gasteiger partial charge is 0.0709 e. The molecule has 0 aliphatic heterocycles. The van der Waals surface area contributed by atoms with Crippen molar-refractivity contribution in [2.45, 2.75) is 53.9 Å². The lowest BCUT2D eigenvalue weighted by molar-refractivity contribution is 1.02. The van der Waals surface area contributed by atoms with E-state index in [0.29, 0.717) is 0 Å². The fourth-order valence-electron chi connectivity index (χ4n) is 6.92. The number of rotatable bonds is 6. The molecule has 2 heteroatoms. The lowest BCUT2D eigenvalue weighted by Gasteiger charge is -2.20. The number of allylic oxidation sites excluding steroid dienone is 12. The fraction of sp³-hybridized carbons (Fsp3) is 0.160. The first-order valence-electron chi connectivity index (χ1n) is 18.8. The molecular weight excluding hydrogens is 629 g/mol. The summed E-state index contributed by atoms with van der Waals surface area (Å²) < 4.78 is 2.24. The van der Waals surface area contributed by atoms with E-state index in [1.807, 2.05) is 13.8 Å². The molecule has 260 valence electrons. The quantitative estimate of drug-likeness (QED) is 0.186. The van der Waals surface area contributed by atoms with Crippen LogP contribution < -0.4 is 5.43 Å². The molecule has 5 aromatic carbocycles. The van der Waals surface area contributed by atoms with E-state index in [-0.39, 0.29) is 0 Å². The largest absolute Gasteiger partial charge is 0.293 e. The van der Waals surface area contributed by atoms with Crippen molar-refractivity contribution in [1.29, 1.82) is 0 Å². The minimum atomic E-state index is 0.854. The average Bonchev–Trinajstić information content (AvgIpc) is 3.40. The highest BCUT2D eigenvalue weighted by Crippen LogP contribution is 2.39. The second-order valence-electron chi connectivity index (χ2n) is 12.9. The topological polar surface area (TPSA) is 17.0 Å². The first-order chi connectivity index (χ1) is 25.7. The van der Waals surface area contributed by atoms with Crippen LogP contribution in [0.2, 0.25) is 0 Å². The molecule has 0 bridgehead atoms. The molecule has 2 aliphatic carbocycles. The third-order valence-electron chi connectivity index (χ3n) is 9.24. The Morgan fingerprint density at radius 2 is 1.23 bits per heavy atom. The second kappa shape index (κ2) is 17.4. The Hall–Kier alpha value is -5.86. The summed E-state index contributed by atoms with van der Waals surface area (Å²) in [5.41, 5.74) is 15.9. The lowest BCUT2D eigenvalue weighted by atomic mass is 9.88. The average molecular weight is 679 g/mol. The molecule has 0 amide bonds. The summed E-state index contributed by atoms with van der Waals surface area (Å²) in [6.07, 6.45) is 27.5. The van der Waals surface area contributed by atoms with Crippen molar-refractivity contribution < 1.29 is 0 Å². The Labute approximate surface area is 310 Å². The van der Waals surface area contributed by atoms with Gasteiger partial charge in [-0.15, -0.1) is 0 Å². The van der Waals surface area contributed by atoms with Gasteiger partial charge >= 0.3 is 0 Å². The Kier molecular flexibility index (Phi) is 12.0. The van der Waals surface area contributed by atoms with Crippen LogP contribution in [0.5, 0.6) is 0 Å². The molecule has 0 radical (unpaired) electrons. The molecular formula is C50H50N2. The molecule has 2 aliphatic rings. The predicted octanol–water partition coefficient (Wildman–Crippen LogP) is 14.3. The van der Waals surface area contributed by atoms with Crippen molar-refractivity contribution in [3.63, 3.8) is 0 Å². The van der Waals surface area contributed by atoms with E-state index < -0.39 is 0 Å². The highest BCUT2D eigenvalue weighted by molar-refractivity contribution is 6.09. The van der Waals surface area contributed by atoms with Crippen molar-refractivity contribution in [3.8, 4) is 11.1 Å². The van der Waals surface area contributed by atoms with E-state index in [4.69, 9.17) is 0 Å². The second-order valence-corrected chi connectivity index (χ2v) is 12.9. The molecule has 1 aromatic heterocycles. The van der Waals surface area contributed by atoms with Crippen LogP contribution in [0.25, 0.3) is 55.4 Å². The standard InChI is InChI=1S/C45H36N2.C3H8.C2H6/c1-32-16-9-10-19-34(32)37-30-31-39-35(38(37)29-28-33-17-5-2-3-6-18-33)23-15-24-36(39)40-20-7-4-8-25-43(40)46-47-44-26-13-11-21-41(44)42-22-12-14-27-45(42)47;1-3-2;1-2/h2,4-7,9-31,46H,3,8H2,1H3;3H2,1-2H3;1-2H3/b29-28+;;. The van der Waals surface area contributed by atoms with E-state index in [1.165, 1.54) is 66.9 Å². The maximum atomic E-state index is 3.87. The maximum Gasteiger partial charge on any atom is 0.0709 e. The molecule has 0 spiro atoms. The van der Waals surface area contributed by atoms with Gasteiger partial charge in [0.05, 0.1) is 16.7 Å². The molecule has 0 unspecified atom stereocenters. The summed E-state index contributed by atoms with van der Waals surface area (Å²) in [6.45, 7) is 10.4. The summed E-state index contributed by atoms with van der Waals surface area (Å²) in [5, 5.41) is 4.95. The van der Waals surface area contributed by atoms with Gasteiger partial charge in [0.2, 0.25) is 0 Å². The number of fused-ring (bicyclic) bond motifs is 4. The molecule has 0 atom stereocenters. The number of para-hydroxylation sites is 2. The molecule has 6 aromatic rings. The van der Waals surface area contributed by atoms with Gasteiger partial charge in [-0.25, -0.2) is 0 Å². The molecule has 0 saturated heterocycles. The molecule has 2 nitrogen and oxygen atoms in total. The van der Waals surface area contributed by atoms with Crippen LogP contribution in [-0.2, 0) is 0 Å². The van der Waals surface area contributed by atoms with Gasteiger partial charge in [0.1, 0.15) is 0 Å². The number of aromatic nitrogens is 1. The minimum Gasteiger partial charge on any atom is -0.293 e. The maximum absolute atomic E-state index is 3.87. The Balaban J connectivity index is 0.000000884. The third-order valence-corrected chi connectivity index (χ3v) is 9.24. The predicted molar refractivity (Wildman–Crippen MR) is 230 cm³/mol. The van der Waals surface area contributed by atoms with E-state index in [9.17, 15) is 0 Å². The number of nitrogens with zero attached hydrogens (tertiary/aromatic N) is 1. The summed E-state index contributed by atoms with van der Waals surface area (Å²) in [7, 11) is 0. The highest BCUT2D eigenvalue weighted by atomic mass is 15.4. The molecule has 1 heterocycles. The van der Waals surface area contributed by atoms with Gasteiger partial charge in [-0.05, 0) is 76.1 Å². The van der Waals surface area contributed by atoms with Crippen LogP contribution >= 0.6 is 0 Å². The van der Waals surface area contributed by atoms with Gasteiger partial charge in [0, 0.05) is 16.3 Å². The van der Waals surface area contributed by atoms with Gasteiger partial charge in [0.25, 0.3) is 0 Å². The lowest BCUT2D eigenvalue weighted by Crippen LogP contribution is -2.15. The number of aryl methyl sites for hydroxylation is 1. The first-order valence-corrected chi connectivity index (χ1v) is 18.8. The fourth-order valence-corrected chi connectivity index (χ4v) is 6.92. The summed E-state index contributed by atoms with van der Waals surface area (Å²) in [5.74, 6) is 0. The first kappa shape index (κ1) is 35.9. The van der Waals surface area contributed by atoms with Crippen molar-refractivity contribution in [1.82, 2.24) is 4.68 Å². The zero-order chi connectivity index (χ0) is 36.3. The molecule has 1 N–H and O–H groups in total. The van der Waals surface area contributed by atoms with Crippen molar-refractivity contribution in [3.05, 3.63) is 192 Å². The molecule has 0 fully saturated rings. The van der Waals surface area contributed by atoms with Crippen molar-refractivity contribution in [2.24, 2.45) is 0 Å². The molecule has 8 rings (SSSR count). The van der Waals surface area contributed by atoms with Gasteiger partial charge in [0.15, 0.2) is 0 Å². The zero-order valence-electron chi connectivity index (χ0n) is 31.2. The van der Waals surface area contributed by atoms with E-state index in [0.717, 1.165) is 29.6 Å². The van der Waals surface area contributed by atoms with Crippen LogP contribution in [0.3, 0.4) is 0 Å². The monoisotopic (exact) mass is 678 g/mol. The molecule has 0 saturated carbocycles. The number of hydrogen-bond acceptors (Lipinski definition) is 1. The van der Waals surface area contributed by atoms with Crippen LogP contribution in [0, 0.1) is 6.92 Å². The zero-order valence-corrected chi connectivity index (χ0v) is 31.2. The summed E-state index contributed by atoms with van der Waals surface area (Å²) >= 11 is 0. The summed E-state index contributed by atoms with van der Waals surface area (Å²) in [4.78, 5) is 0. The van der Waals surface area contributed by atoms with E-state index >= 15 is 0 Å². The van der Waals surface area contributed by atoms with Crippen LogP contribution in [-0.4, -0.2) is 4.68 Å². The van der Waals surface area contributed by atoms with E-state index in [2.05, 4.69) is 201 Å². The van der Waals surface area contributed by atoms with Crippen LogP contribution in [0.4, 0.5) is 0 Å². The highest BCUT2D eigenvalue weighted by Gasteiger charge is 2.18. The number of nitrogens with one attached hydrogen (secondary N) is 1. The van der Waals surface area contributed by atoms with Gasteiger partial charge < -0.3 is 0 Å². The van der Waals surface area contributed by atoms with Crippen molar-refractivity contribution in [2.75, 3.05) is 5.43 Å². The SMILES string of the molecule is CC.CCC.Cc1ccccc1-c1ccc2c(C3=CC=CCC=C3Nn3c4ccccc4c4ccccc43)cccc2c1/C=C/C1=CC=CCC=C1. The normalized spacial score (nSPS) is 13.8.